The van der Waals surface area contributed by atoms with Gasteiger partial charge in [-0.2, -0.15) is 5.10 Å². The van der Waals surface area contributed by atoms with E-state index in [0.29, 0.717) is 18.7 Å². The molecule has 7 nitrogen and oxygen atoms in total. The van der Waals surface area contributed by atoms with E-state index < -0.39 is 11.4 Å². The number of aryl methyl sites for hydroxylation is 1. The number of carboxylic acid groups (broad SMARTS) is 1. The van der Waals surface area contributed by atoms with E-state index >= 15 is 0 Å². The summed E-state index contributed by atoms with van der Waals surface area (Å²) in [5.41, 5.74) is 1.48. The van der Waals surface area contributed by atoms with Gasteiger partial charge in [-0.1, -0.05) is 12.1 Å². The smallest absolute Gasteiger partial charge is 0.321 e. The van der Waals surface area contributed by atoms with Crippen LogP contribution >= 0.6 is 0 Å². The number of carbonyl (C=O) groups is 2. The molecular formula is C17H20N4O3. The van der Waals surface area contributed by atoms with Gasteiger partial charge in [0, 0.05) is 25.0 Å². The van der Waals surface area contributed by atoms with Crippen LogP contribution in [0.3, 0.4) is 0 Å². The molecule has 126 valence electrons. The van der Waals surface area contributed by atoms with E-state index in [1.807, 2.05) is 31.2 Å². The Hall–Kier alpha value is -2.83. The van der Waals surface area contributed by atoms with E-state index in [4.69, 9.17) is 0 Å². The van der Waals surface area contributed by atoms with E-state index in [9.17, 15) is 14.7 Å². The molecule has 2 amide bonds. The molecule has 2 aromatic rings. The first-order valence-electron chi connectivity index (χ1n) is 7.80. The molecule has 1 unspecified atom stereocenters. The number of anilines is 1. The third-order valence-electron chi connectivity index (χ3n) is 4.48. The summed E-state index contributed by atoms with van der Waals surface area (Å²) in [4.78, 5) is 25.4. The van der Waals surface area contributed by atoms with E-state index in [1.54, 1.807) is 28.8 Å². The van der Waals surface area contributed by atoms with Gasteiger partial charge in [-0.15, -0.1) is 0 Å². The number of aromatic nitrogens is 2. The van der Waals surface area contributed by atoms with Gasteiger partial charge in [-0.3, -0.25) is 4.79 Å². The first-order valence-corrected chi connectivity index (χ1v) is 7.80. The summed E-state index contributed by atoms with van der Waals surface area (Å²) in [5, 5.41) is 16.4. The number of hydrogen-bond acceptors (Lipinski definition) is 3. The number of amides is 2. The zero-order chi connectivity index (χ0) is 17.3. The highest BCUT2D eigenvalue weighted by molar-refractivity contribution is 5.92. The zero-order valence-corrected chi connectivity index (χ0v) is 13.7. The molecule has 1 aliphatic heterocycles. The molecule has 1 fully saturated rings. The van der Waals surface area contributed by atoms with E-state index in [0.717, 1.165) is 11.4 Å². The Morgan fingerprint density at radius 3 is 2.67 bits per heavy atom. The van der Waals surface area contributed by atoms with Gasteiger partial charge in [0.1, 0.15) is 0 Å². The fraction of sp³-hybridized carbons (Fsp3) is 0.353. The van der Waals surface area contributed by atoms with Crippen LogP contribution in [0.4, 0.5) is 10.5 Å². The van der Waals surface area contributed by atoms with E-state index in [2.05, 4.69) is 10.4 Å². The molecule has 1 atom stereocenters. The summed E-state index contributed by atoms with van der Waals surface area (Å²) >= 11 is 0. The van der Waals surface area contributed by atoms with Crippen LogP contribution in [-0.4, -0.2) is 44.9 Å². The van der Waals surface area contributed by atoms with Gasteiger partial charge in [0.25, 0.3) is 0 Å². The molecule has 0 saturated carbocycles. The number of hydrogen-bond donors (Lipinski definition) is 2. The molecule has 2 N–H and O–H groups in total. The molecule has 1 aliphatic rings. The topological polar surface area (TPSA) is 87.5 Å². The molecule has 2 heterocycles. The molecule has 0 aliphatic carbocycles. The SMILES string of the molecule is Cc1ccnn1-c1ccccc1NC(=O)N1CCC(C)(C(=O)O)C1. The van der Waals surface area contributed by atoms with Gasteiger partial charge in [-0.25, -0.2) is 9.48 Å². The highest BCUT2D eigenvalue weighted by Gasteiger charge is 2.42. The molecule has 0 spiro atoms. The van der Waals surface area contributed by atoms with Crippen LogP contribution < -0.4 is 5.32 Å². The largest absolute Gasteiger partial charge is 0.481 e. The minimum atomic E-state index is -0.880. The van der Waals surface area contributed by atoms with Gasteiger partial charge in [-0.05, 0) is 38.5 Å². The first-order chi connectivity index (χ1) is 11.4. The van der Waals surface area contributed by atoms with Crippen molar-refractivity contribution in [2.24, 2.45) is 5.41 Å². The number of carboxylic acids is 1. The zero-order valence-electron chi connectivity index (χ0n) is 13.7. The van der Waals surface area contributed by atoms with Crippen molar-refractivity contribution < 1.29 is 14.7 Å². The third-order valence-corrected chi connectivity index (χ3v) is 4.48. The highest BCUT2D eigenvalue weighted by Crippen LogP contribution is 2.31. The average Bonchev–Trinajstić information content (AvgIpc) is 3.15. The van der Waals surface area contributed by atoms with Crippen molar-refractivity contribution in [1.29, 1.82) is 0 Å². The van der Waals surface area contributed by atoms with Crippen molar-refractivity contribution in [2.75, 3.05) is 18.4 Å². The molecule has 24 heavy (non-hydrogen) atoms. The number of nitrogens with zero attached hydrogens (tertiary/aromatic N) is 3. The fourth-order valence-electron chi connectivity index (χ4n) is 2.89. The standard InChI is InChI=1S/C17H20N4O3/c1-12-7-9-18-21(12)14-6-4-3-5-13(14)19-16(24)20-10-8-17(2,11-20)15(22)23/h3-7,9H,8,10-11H2,1-2H3,(H,19,24)(H,22,23). The number of carbonyl (C=O) groups excluding carboxylic acids is 1. The Balaban J connectivity index is 1.79. The minimum Gasteiger partial charge on any atom is -0.481 e. The van der Waals surface area contributed by atoms with Crippen LogP contribution in [0.15, 0.2) is 36.5 Å². The van der Waals surface area contributed by atoms with Crippen LogP contribution in [0.2, 0.25) is 0 Å². The van der Waals surface area contributed by atoms with Crippen molar-refractivity contribution >= 4 is 17.7 Å². The summed E-state index contributed by atoms with van der Waals surface area (Å²) in [7, 11) is 0. The van der Waals surface area contributed by atoms with E-state index in [-0.39, 0.29) is 12.6 Å². The Bertz CT molecular complexity index is 786. The van der Waals surface area contributed by atoms with Gasteiger partial charge in [0.2, 0.25) is 0 Å². The second kappa shape index (κ2) is 5.99. The predicted molar refractivity (Wildman–Crippen MR) is 89.3 cm³/mol. The van der Waals surface area contributed by atoms with Crippen molar-refractivity contribution in [3.63, 3.8) is 0 Å². The predicted octanol–water partition coefficient (Wildman–Crippen LogP) is 2.51. The summed E-state index contributed by atoms with van der Waals surface area (Å²) in [5.74, 6) is -0.870. The highest BCUT2D eigenvalue weighted by atomic mass is 16.4. The molecule has 1 aromatic carbocycles. The van der Waals surface area contributed by atoms with Crippen LogP contribution in [0.25, 0.3) is 5.69 Å². The number of rotatable bonds is 3. The maximum Gasteiger partial charge on any atom is 0.321 e. The maximum absolute atomic E-state index is 12.5. The molecule has 0 radical (unpaired) electrons. The lowest BCUT2D eigenvalue weighted by Crippen LogP contribution is -2.37. The van der Waals surface area contributed by atoms with Crippen molar-refractivity contribution in [3.05, 3.63) is 42.2 Å². The first kappa shape index (κ1) is 16.0. The number of benzene rings is 1. The average molecular weight is 328 g/mol. The van der Waals surface area contributed by atoms with Crippen molar-refractivity contribution in [1.82, 2.24) is 14.7 Å². The normalized spacial score (nSPS) is 20.2. The Labute approximate surface area is 139 Å². The minimum absolute atomic E-state index is 0.205. The van der Waals surface area contributed by atoms with Crippen molar-refractivity contribution in [3.8, 4) is 5.69 Å². The number of likely N-dealkylation sites (tertiary alicyclic amines) is 1. The molecule has 3 rings (SSSR count). The third kappa shape index (κ3) is 2.84. The molecule has 1 aromatic heterocycles. The molecular weight excluding hydrogens is 308 g/mol. The summed E-state index contributed by atoms with van der Waals surface area (Å²) in [6.07, 6.45) is 2.16. The van der Waals surface area contributed by atoms with Crippen LogP contribution in [0, 0.1) is 12.3 Å². The van der Waals surface area contributed by atoms with Crippen LogP contribution in [0.5, 0.6) is 0 Å². The van der Waals surface area contributed by atoms with Gasteiger partial charge in [0.05, 0.1) is 16.8 Å². The lowest BCUT2D eigenvalue weighted by molar-refractivity contribution is -0.146. The van der Waals surface area contributed by atoms with E-state index in [1.165, 1.54) is 0 Å². The number of para-hydroxylation sites is 2. The Kier molecular flexibility index (Phi) is 4.01. The fourth-order valence-corrected chi connectivity index (χ4v) is 2.89. The van der Waals surface area contributed by atoms with Crippen LogP contribution in [0.1, 0.15) is 19.0 Å². The second-order valence-electron chi connectivity index (χ2n) is 6.37. The molecule has 1 saturated heterocycles. The Morgan fingerprint density at radius 2 is 2.04 bits per heavy atom. The molecule has 0 bridgehead atoms. The second-order valence-corrected chi connectivity index (χ2v) is 6.37. The summed E-state index contributed by atoms with van der Waals surface area (Å²) in [6, 6.07) is 8.99. The summed E-state index contributed by atoms with van der Waals surface area (Å²) in [6.45, 7) is 4.24. The monoisotopic (exact) mass is 328 g/mol. The number of aliphatic carboxylic acids is 1. The lowest BCUT2D eigenvalue weighted by atomic mass is 9.90. The van der Waals surface area contributed by atoms with Crippen molar-refractivity contribution in [2.45, 2.75) is 20.3 Å². The Morgan fingerprint density at radius 1 is 1.29 bits per heavy atom. The van der Waals surface area contributed by atoms with Gasteiger partial charge in [0.15, 0.2) is 0 Å². The number of nitrogens with one attached hydrogen (secondary N) is 1. The quantitative estimate of drug-likeness (QED) is 0.906. The maximum atomic E-state index is 12.5. The van der Waals surface area contributed by atoms with Gasteiger partial charge < -0.3 is 15.3 Å². The lowest BCUT2D eigenvalue weighted by Gasteiger charge is -2.21. The van der Waals surface area contributed by atoms with Gasteiger partial charge >= 0.3 is 12.0 Å². The van der Waals surface area contributed by atoms with Crippen LogP contribution in [-0.2, 0) is 4.79 Å². The number of urea groups is 1. The summed E-state index contributed by atoms with van der Waals surface area (Å²) < 4.78 is 1.75. The molecule has 7 heteroatoms.